The van der Waals surface area contributed by atoms with Crippen LogP contribution in [0.2, 0.25) is 0 Å². The predicted molar refractivity (Wildman–Crippen MR) is 67.8 cm³/mol. The first-order valence-corrected chi connectivity index (χ1v) is 6.37. The van der Waals surface area contributed by atoms with Crippen molar-refractivity contribution in [1.29, 1.82) is 0 Å². The first-order valence-electron chi connectivity index (χ1n) is 4.74. The van der Waals surface area contributed by atoms with Crippen molar-refractivity contribution < 1.29 is 0 Å². The molecule has 2 heterocycles. The normalized spacial score (nSPS) is 11.1. The highest BCUT2D eigenvalue weighted by Gasteiger charge is 2.13. The minimum absolute atomic E-state index is 1.01. The Morgan fingerprint density at radius 1 is 1.07 bits per heavy atom. The molecule has 0 aromatic carbocycles. The molecule has 2 aromatic heterocycles. The van der Waals surface area contributed by atoms with Crippen molar-refractivity contribution >= 4 is 32.1 Å². The van der Waals surface area contributed by atoms with Crippen LogP contribution in [0.15, 0.2) is 12.7 Å². The second-order valence-corrected chi connectivity index (χ2v) is 5.91. The van der Waals surface area contributed by atoms with Crippen molar-refractivity contribution in [1.82, 2.24) is 0 Å². The van der Waals surface area contributed by atoms with Gasteiger partial charge in [0.05, 0.1) is 0 Å². The molecule has 0 radical (unpaired) electrons. The first-order chi connectivity index (χ1) is 6.65. The van der Waals surface area contributed by atoms with Crippen LogP contribution in [0.1, 0.15) is 20.9 Å². The van der Waals surface area contributed by atoms with Gasteiger partial charge in [-0.15, -0.1) is 29.3 Å². The van der Waals surface area contributed by atoms with Gasteiger partial charge in [0, 0.05) is 19.2 Å². The van der Waals surface area contributed by atoms with Crippen LogP contribution in [0.5, 0.6) is 0 Å². The summed E-state index contributed by atoms with van der Waals surface area (Å²) in [5.41, 5.74) is 2.93. The Morgan fingerprint density at radius 3 is 2.29 bits per heavy atom. The van der Waals surface area contributed by atoms with Crippen LogP contribution in [0.4, 0.5) is 0 Å². The summed E-state index contributed by atoms with van der Waals surface area (Å²) in [6.45, 7) is 10.5. The molecule has 0 N–H and O–H groups in total. The molecule has 0 aliphatic heterocycles. The summed E-state index contributed by atoms with van der Waals surface area (Å²) < 4.78 is 2.98. The van der Waals surface area contributed by atoms with E-state index in [0.29, 0.717) is 0 Å². The Labute approximate surface area is 92.9 Å². The number of hydrogen-bond donors (Lipinski definition) is 0. The van der Waals surface area contributed by atoms with Gasteiger partial charge in [0.15, 0.2) is 0 Å². The molecule has 2 heteroatoms. The van der Waals surface area contributed by atoms with Crippen LogP contribution < -0.4 is 0 Å². The van der Waals surface area contributed by atoms with Crippen molar-refractivity contribution in [2.75, 3.05) is 0 Å². The predicted octanol–water partition coefficient (Wildman–Crippen LogP) is 4.62. The molecule has 0 atom stereocenters. The summed E-state index contributed by atoms with van der Waals surface area (Å²) in [4.78, 5) is 2.93. The molecular formula is C12H14S2. The van der Waals surface area contributed by atoms with E-state index in [1.165, 1.54) is 30.3 Å². The van der Waals surface area contributed by atoms with Gasteiger partial charge in [-0.2, -0.15) is 0 Å². The van der Waals surface area contributed by atoms with Crippen molar-refractivity contribution in [2.45, 2.75) is 27.2 Å². The van der Waals surface area contributed by atoms with Crippen LogP contribution in [0.3, 0.4) is 0 Å². The summed E-state index contributed by atoms with van der Waals surface area (Å²) in [5, 5.41) is 0. The van der Waals surface area contributed by atoms with Crippen LogP contribution in [-0.2, 0) is 6.42 Å². The Bertz CT molecular complexity index is 486. The Kier molecular flexibility index (Phi) is 2.50. The van der Waals surface area contributed by atoms with E-state index in [2.05, 4.69) is 27.4 Å². The fourth-order valence-corrected chi connectivity index (χ4v) is 4.35. The van der Waals surface area contributed by atoms with Crippen molar-refractivity contribution in [2.24, 2.45) is 0 Å². The number of rotatable bonds is 2. The number of hydrogen-bond acceptors (Lipinski definition) is 2. The summed E-state index contributed by atoms with van der Waals surface area (Å²) in [5.74, 6) is 0. The standard InChI is InChI=1S/C12H14S2/c1-5-6-10-8(3)12-11(14-10)7(2)9(4)13-12/h5H,1,6H2,2-4H3. The van der Waals surface area contributed by atoms with E-state index in [1.807, 2.05) is 28.7 Å². The third-order valence-electron chi connectivity index (χ3n) is 2.64. The maximum atomic E-state index is 3.80. The lowest BCUT2D eigenvalue weighted by Crippen LogP contribution is -1.76. The van der Waals surface area contributed by atoms with Gasteiger partial charge in [0.25, 0.3) is 0 Å². The third kappa shape index (κ3) is 1.33. The molecule has 0 fully saturated rings. The molecular weight excluding hydrogens is 208 g/mol. The topological polar surface area (TPSA) is 0 Å². The first kappa shape index (κ1) is 9.94. The van der Waals surface area contributed by atoms with Crippen LogP contribution >= 0.6 is 22.7 Å². The lowest BCUT2D eigenvalue weighted by Gasteiger charge is -1.92. The average molecular weight is 222 g/mol. The van der Waals surface area contributed by atoms with Crippen LogP contribution in [0.25, 0.3) is 9.40 Å². The zero-order valence-corrected chi connectivity index (χ0v) is 10.4. The van der Waals surface area contributed by atoms with E-state index in [-0.39, 0.29) is 0 Å². The quantitative estimate of drug-likeness (QED) is 0.651. The maximum Gasteiger partial charge on any atom is 0.0488 e. The molecule has 0 bridgehead atoms. The van der Waals surface area contributed by atoms with Gasteiger partial charge in [-0.05, 0) is 38.3 Å². The number of allylic oxidation sites excluding steroid dienone is 1. The molecule has 0 spiro atoms. The summed E-state index contributed by atoms with van der Waals surface area (Å²) >= 11 is 3.86. The van der Waals surface area contributed by atoms with Crippen LogP contribution in [-0.4, -0.2) is 0 Å². The van der Waals surface area contributed by atoms with Gasteiger partial charge < -0.3 is 0 Å². The average Bonchev–Trinajstić information content (AvgIpc) is 2.59. The third-order valence-corrected chi connectivity index (χ3v) is 5.53. The minimum Gasteiger partial charge on any atom is -0.139 e. The zero-order chi connectivity index (χ0) is 10.3. The molecule has 14 heavy (non-hydrogen) atoms. The lowest BCUT2D eigenvalue weighted by molar-refractivity contribution is 1.31. The SMILES string of the molecule is C=CCc1sc2c(C)c(C)sc2c1C. The monoisotopic (exact) mass is 222 g/mol. The molecule has 2 rings (SSSR count). The number of thiophene rings is 2. The van der Waals surface area contributed by atoms with Crippen molar-refractivity contribution in [3.8, 4) is 0 Å². The molecule has 0 aliphatic carbocycles. The van der Waals surface area contributed by atoms with Crippen molar-refractivity contribution in [3.63, 3.8) is 0 Å². The molecule has 0 saturated carbocycles. The molecule has 0 nitrogen and oxygen atoms in total. The Hall–Kier alpha value is -0.600. The number of fused-ring (bicyclic) bond motifs is 1. The molecule has 0 aliphatic rings. The molecule has 2 aromatic rings. The van der Waals surface area contributed by atoms with Gasteiger partial charge in [-0.3, -0.25) is 0 Å². The van der Waals surface area contributed by atoms with E-state index >= 15 is 0 Å². The second kappa shape index (κ2) is 3.52. The second-order valence-electron chi connectivity index (χ2n) is 3.58. The summed E-state index contributed by atoms with van der Waals surface area (Å²) in [6.07, 6.45) is 3.00. The fourth-order valence-electron chi connectivity index (χ4n) is 1.63. The molecule has 0 saturated heterocycles. The molecule has 74 valence electrons. The number of aryl methyl sites for hydroxylation is 3. The van der Waals surface area contributed by atoms with Gasteiger partial charge in [-0.25, -0.2) is 0 Å². The Morgan fingerprint density at radius 2 is 1.71 bits per heavy atom. The van der Waals surface area contributed by atoms with E-state index in [4.69, 9.17) is 0 Å². The van der Waals surface area contributed by atoms with Crippen LogP contribution in [0, 0.1) is 20.8 Å². The molecule has 0 amide bonds. The van der Waals surface area contributed by atoms with E-state index in [0.717, 1.165) is 6.42 Å². The van der Waals surface area contributed by atoms with Gasteiger partial charge >= 0.3 is 0 Å². The molecule has 0 unspecified atom stereocenters. The van der Waals surface area contributed by atoms with Gasteiger partial charge in [0.1, 0.15) is 0 Å². The van der Waals surface area contributed by atoms with Crippen molar-refractivity contribution in [3.05, 3.63) is 33.5 Å². The largest absolute Gasteiger partial charge is 0.139 e. The zero-order valence-electron chi connectivity index (χ0n) is 8.81. The highest BCUT2D eigenvalue weighted by Crippen LogP contribution is 2.40. The Balaban J connectivity index is 2.70. The van der Waals surface area contributed by atoms with E-state index in [9.17, 15) is 0 Å². The smallest absolute Gasteiger partial charge is 0.0488 e. The van der Waals surface area contributed by atoms with E-state index in [1.54, 1.807) is 0 Å². The van der Waals surface area contributed by atoms with Gasteiger partial charge in [0.2, 0.25) is 0 Å². The highest BCUT2D eigenvalue weighted by atomic mass is 32.1. The lowest BCUT2D eigenvalue weighted by atomic mass is 10.2. The minimum atomic E-state index is 1.01. The van der Waals surface area contributed by atoms with Gasteiger partial charge in [-0.1, -0.05) is 6.08 Å². The summed E-state index contributed by atoms with van der Waals surface area (Å²) in [6, 6.07) is 0. The fraction of sp³-hybridized carbons (Fsp3) is 0.333. The highest BCUT2D eigenvalue weighted by molar-refractivity contribution is 7.28. The van der Waals surface area contributed by atoms with E-state index < -0.39 is 0 Å². The maximum absolute atomic E-state index is 3.80. The summed E-state index contributed by atoms with van der Waals surface area (Å²) in [7, 11) is 0.